The summed E-state index contributed by atoms with van der Waals surface area (Å²) in [6.45, 7) is 2.13. The summed E-state index contributed by atoms with van der Waals surface area (Å²) in [7, 11) is 3.79. The number of aromatic nitrogens is 6. The molecule has 7 nitrogen and oxygen atoms in total. The van der Waals surface area contributed by atoms with Crippen molar-refractivity contribution in [3.63, 3.8) is 0 Å². The van der Waals surface area contributed by atoms with Gasteiger partial charge in [-0.1, -0.05) is 13.3 Å². The van der Waals surface area contributed by atoms with Crippen LogP contribution in [0.2, 0.25) is 0 Å². The fourth-order valence-electron chi connectivity index (χ4n) is 2.38. The monoisotopic (exact) mass is 259 g/mol. The predicted octanol–water partition coefficient (Wildman–Crippen LogP) is 1.03. The van der Waals surface area contributed by atoms with Gasteiger partial charge in [0, 0.05) is 20.3 Å². The molecule has 0 atom stereocenters. The molecule has 0 radical (unpaired) electrons. The number of nitrogens with zero attached hydrogens (tertiary/aromatic N) is 6. The summed E-state index contributed by atoms with van der Waals surface area (Å²) in [6.07, 6.45) is 5.61. The molecule has 0 amide bonds. The van der Waals surface area contributed by atoms with Crippen molar-refractivity contribution in [3.8, 4) is 5.69 Å². The largest absolute Gasteiger partial charge is 0.369 e. The van der Waals surface area contributed by atoms with Crippen molar-refractivity contribution < 1.29 is 0 Å². The number of fused-ring (bicyclic) bond motifs is 1. The number of anilines is 1. The Hall–Kier alpha value is -2.31. The number of hydrogen-bond donors (Lipinski definition) is 1. The number of imidazole rings is 1. The van der Waals surface area contributed by atoms with E-state index in [1.54, 1.807) is 10.9 Å². The molecule has 100 valence electrons. The Morgan fingerprint density at radius 3 is 2.74 bits per heavy atom. The fraction of sp³-hybridized carbons (Fsp3) is 0.417. The Bertz CT molecular complexity index is 731. The quantitative estimate of drug-likeness (QED) is 0.761. The topological polar surface area (TPSA) is 79.5 Å². The van der Waals surface area contributed by atoms with Gasteiger partial charge < -0.3 is 5.73 Å². The third kappa shape index (κ3) is 1.69. The normalized spacial score (nSPS) is 11.5. The first kappa shape index (κ1) is 11.8. The third-order valence-electron chi connectivity index (χ3n) is 3.17. The molecule has 3 aromatic heterocycles. The summed E-state index contributed by atoms with van der Waals surface area (Å²) in [5.41, 5.74) is 9.73. The van der Waals surface area contributed by atoms with Crippen LogP contribution in [-0.2, 0) is 20.5 Å². The van der Waals surface area contributed by atoms with Crippen molar-refractivity contribution >= 4 is 17.1 Å². The van der Waals surface area contributed by atoms with Gasteiger partial charge in [0.15, 0.2) is 5.65 Å². The number of nitrogen functional groups attached to an aromatic ring is 1. The van der Waals surface area contributed by atoms with Gasteiger partial charge in [-0.3, -0.25) is 9.25 Å². The molecule has 0 aliphatic heterocycles. The van der Waals surface area contributed by atoms with E-state index < -0.39 is 0 Å². The molecule has 0 spiro atoms. The van der Waals surface area contributed by atoms with E-state index >= 15 is 0 Å². The van der Waals surface area contributed by atoms with Crippen LogP contribution in [0.3, 0.4) is 0 Å². The first-order valence-corrected chi connectivity index (χ1v) is 6.30. The zero-order chi connectivity index (χ0) is 13.6. The molecular weight excluding hydrogens is 242 g/mol. The number of rotatable bonds is 3. The highest BCUT2D eigenvalue weighted by molar-refractivity contribution is 5.80. The molecule has 0 unspecified atom stereocenters. The molecule has 0 aliphatic rings. The Morgan fingerprint density at radius 2 is 2.11 bits per heavy atom. The Balaban J connectivity index is 2.27. The number of aryl methyl sites for hydroxylation is 3. The lowest BCUT2D eigenvalue weighted by molar-refractivity contribution is 0.737. The van der Waals surface area contributed by atoms with Crippen LogP contribution in [0.1, 0.15) is 19.0 Å². The summed E-state index contributed by atoms with van der Waals surface area (Å²) >= 11 is 0. The van der Waals surface area contributed by atoms with Crippen molar-refractivity contribution in [2.24, 2.45) is 14.1 Å². The van der Waals surface area contributed by atoms with E-state index in [0.717, 1.165) is 35.4 Å². The predicted molar refractivity (Wildman–Crippen MR) is 73.0 cm³/mol. The smallest absolute Gasteiger partial charge is 0.207 e. The highest BCUT2D eigenvalue weighted by Crippen LogP contribution is 2.25. The van der Waals surface area contributed by atoms with Crippen molar-refractivity contribution in [2.45, 2.75) is 19.8 Å². The minimum atomic E-state index is 0.466. The minimum absolute atomic E-state index is 0.466. The van der Waals surface area contributed by atoms with E-state index in [9.17, 15) is 0 Å². The van der Waals surface area contributed by atoms with Crippen molar-refractivity contribution in [1.82, 2.24) is 29.1 Å². The Labute approximate surface area is 110 Å². The van der Waals surface area contributed by atoms with Crippen LogP contribution in [0.5, 0.6) is 0 Å². The van der Waals surface area contributed by atoms with Gasteiger partial charge in [-0.2, -0.15) is 10.2 Å². The molecule has 2 N–H and O–H groups in total. The van der Waals surface area contributed by atoms with E-state index in [4.69, 9.17) is 5.73 Å². The average Bonchev–Trinajstić information content (AvgIpc) is 2.98. The van der Waals surface area contributed by atoms with E-state index in [2.05, 4.69) is 22.1 Å². The van der Waals surface area contributed by atoms with E-state index in [0.29, 0.717) is 5.95 Å². The molecule has 0 saturated heterocycles. The molecule has 19 heavy (non-hydrogen) atoms. The molecule has 0 saturated carbocycles. The van der Waals surface area contributed by atoms with Gasteiger partial charge in [-0.15, -0.1) is 0 Å². The molecule has 0 bridgehead atoms. The van der Waals surface area contributed by atoms with E-state index in [1.165, 1.54) is 0 Å². The maximum absolute atomic E-state index is 6.05. The van der Waals surface area contributed by atoms with Gasteiger partial charge in [0.25, 0.3) is 0 Å². The molecule has 7 heteroatoms. The standard InChI is InChI=1S/C12H17N7/c1-4-5-9-10-11(18(3)16-9)19(12(13)15-10)8-6-14-17(2)7-8/h6-7H,4-5H2,1-3H3,(H2,13,15). The zero-order valence-electron chi connectivity index (χ0n) is 11.3. The van der Waals surface area contributed by atoms with Gasteiger partial charge in [-0.25, -0.2) is 9.67 Å². The van der Waals surface area contributed by atoms with Gasteiger partial charge in [0.1, 0.15) is 5.52 Å². The lowest BCUT2D eigenvalue weighted by atomic mass is 10.2. The van der Waals surface area contributed by atoms with E-state index in [1.807, 2.05) is 29.5 Å². The van der Waals surface area contributed by atoms with Crippen LogP contribution >= 0.6 is 0 Å². The Kier molecular flexibility index (Phi) is 2.55. The lowest BCUT2D eigenvalue weighted by Gasteiger charge is -2.02. The maximum atomic E-state index is 6.05. The van der Waals surface area contributed by atoms with Gasteiger partial charge in [0.05, 0.1) is 17.6 Å². The van der Waals surface area contributed by atoms with Crippen LogP contribution in [0.15, 0.2) is 12.4 Å². The molecule has 3 heterocycles. The minimum Gasteiger partial charge on any atom is -0.369 e. The van der Waals surface area contributed by atoms with Crippen LogP contribution in [0.25, 0.3) is 16.9 Å². The highest BCUT2D eigenvalue weighted by atomic mass is 15.4. The maximum Gasteiger partial charge on any atom is 0.207 e. The van der Waals surface area contributed by atoms with Crippen molar-refractivity contribution in [3.05, 3.63) is 18.1 Å². The first-order chi connectivity index (χ1) is 9.11. The summed E-state index contributed by atoms with van der Waals surface area (Å²) in [5, 5.41) is 8.70. The SMILES string of the molecule is CCCc1nn(C)c2c1nc(N)n2-c1cnn(C)c1. The summed E-state index contributed by atoms with van der Waals surface area (Å²) in [4.78, 5) is 4.46. The molecule has 0 aliphatic carbocycles. The third-order valence-corrected chi connectivity index (χ3v) is 3.17. The van der Waals surface area contributed by atoms with Crippen LogP contribution < -0.4 is 5.73 Å². The number of hydrogen-bond acceptors (Lipinski definition) is 4. The van der Waals surface area contributed by atoms with Crippen LogP contribution in [0, 0.1) is 0 Å². The molecule has 0 aromatic carbocycles. The highest BCUT2D eigenvalue weighted by Gasteiger charge is 2.19. The van der Waals surface area contributed by atoms with Gasteiger partial charge in [-0.05, 0) is 6.42 Å². The van der Waals surface area contributed by atoms with Gasteiger partial charge in [0.2, 0.25) is 5.95 Å². The van der Waals surface area contributed by atoms with E-state index in [-0.39, 0.29) is 0 Å². The average molecular weight is 259 g/mol. The molecular formula is C12H17N7. The summed E-state index contributed by atoms with van der Waals surface area (Å²) in [5.74, 6) is 0.466. The second-order valence-electron chi connectivity index (χ2n) is 4.67. The molecule has 0 fully saturated rings. The summed E-state index contributed by atoms with van der Waals surface area (Å²) in [6, 6.07) is 0. The fourth-order valence-corrected chi connectivity index (χ4v) is 2.38. The zero-order valence-corrected chi connectivity index (χ0v) is 11.3. The molecule has 3 aromatic rings. The lowest BCUT2D eigenvalue weighted by Crippen LogP contribution is -2.04. The van der Waals surface area contributed by atoms with Crippen molar-refractivity contribution in [1.29, 1.82) is 0 Å². The summed E-state index contributed by atoms with van der Waals surface area (Å²) < 4.78 is 5.45. The van der Waals surface area contributed by atoms with Gasteiger partial charge >= 0.3 is 0 Å². The second-order valence-corrected chi connectivity index (χ2v) is 4.67. The number of nitrogens with two attached hydrogens (primary N) is 1. The Morgan fingerprint density at radius 1 is 1.32 bits per heavy atom. The van der Waals surface area contributed by atoms with Crippen LogP contribution in [0.4, 0.5) is 5.95 Å². The van der Waals surface area contributed by atoms with Crippen molar-refractivity contribution in [2.75, 3.05) is 5.73 Å². The second kappa shape index (κ2) is 4.11. The molecule has 3 rings (SSSR count). The van der Waals surface area contributed by atoms with Crippen LogP contribution in [-0.4, -0.2) is 29.1 Å². The first-order valence-electron chi connectivity index (χ1n) is 6.30.